The normalized spacial score (nSPS) is 9.37. The second-order valence-corrected chi connectivity index (χ2v) is 3.19. The highest BCUT2D eigenvalue weighted by Crippen LogP contribution is 2.32. The molecule has 0 atom stereocenters. The molecule has 0 aromatic carbocycles. The van der Waals surface area contributed by atoms with E-state index in [1.54, 1.807) is 0 Å². The van der Waals surface area contributed by atoms with E-state index in [1.807, 2.05) is 66.1 Å². The van der Waals surface area contributed by atoms with E-state index in [9.17, 15) is 0 Å². The number of hydrogen-bond donors (Lipinski definition) is 0. The Morgan fingerprint density at radius 1 is 0.789 bits per heavy atom. The summed E-state index contributed by atoms with van der Waals surface area (Å²) in [7, 11) is 0. The van der Waals surface area contributed by atoms with Crippen molar-refractivity contribution in [3.05, 3.63) is 47.9 Å². The van der Waals surface area contributed by atoms with Crippen LogP contribution in [-0.4, -0.2) is 9.97 Å². The van der Waals surface area contributed by atoms with Gasteiger partial charge in [0.1, 0.15) is 0 Å². The van der Waals surface area contributed by atoms with Gasteiger partial charge in [-0.05, 0) is 23.8 Å². The average molecular weight is 258 g/mol. The Morgan fingerprint density at radius 3 is 2.05 bits per heavy atom. The van der Waals surface area contributed by atoms with E-state index in [1.165, 1.54) is 11.1 Å². The maximum atomic E-state index is 4.36. The Bertz CT molecular complexity index is 421. The molecule has 2 aromatic rings. The van der Waals surface area contributed by atoms with Crippen LogP contribution in [0.5, 0.6) is 0 Å². The van der Waals surface area contributed by atoms with Gasteiger partial charge >= 0.3 is 0 Å². The van der Waals surface area contributed by atoms with Gasteiger partial charge in [0.15, 0.2) is 0 Å². The smallest absolute Gasteiger partial charge is 0.0756 e. The topological polar surface area (TPSA) is 25.8 Å². The van der Waals surface area contributed by atoms with Crippen LogP contribution in [0.3, 0.4) is 0 Å². The second-order valence-electron chi connectivity index (χ2n) is 3.19. The standard InChI is InChI=1S/C11H8N2.3C2H6/c1-3-8-7-10-9(4-2-5-12-10)11(8)13-6-1;3*1-2/h1-6H,7H2;3*1-2H3. The van der Waals surface area contributed by atoms with Crippen molar-refractivity contribution in [2.45, 2.75) is 48.0 Å². The molecule has 0 aliphatic heterocycles. The number of rotatable bonds is 0. The van der Waals surface area contributed by atoms with Crippen LogP contribution >= 0.6 is 0 Å². The maximum absolute atomic E-state index is 4.36. The minimum Gasteiger partial charge on any atom is -0.260 e. The predicted octanol–water partition coefficient (Wildman–Crippen LogP) is 5.13. The molecule has 1 aliphatic carbocycles. The van der Waals surface area contributed by atoms with Gasteiger partial charge in [0.05, 0.1) is 11.4 Å². The molecule has 0 unspecified atom stereocenters. The molecule has 2 heterocycles. The maximum Gasteiger partial charge on any atom is 0.0756 e. The van der Waals surface area contributed by atoms with Gasteiger partial charge in [-0.1, -0.05) is 47.6 Å². The van der Waals surface area contributed by atoms with Gasteiger partial charge in [0.25, 0.3) is 0 Å². The quantitative estimate of drug-likeness (QED) is 0.559. The molecular weight excluding hydrogens is 232 g/mol. The van der Waals surface area contributed by atoms with Gasteiger partial charge in [-0.25, -0.2) is 0 Å². The van der Waals surface area contributed by atoms with Crippen LogP contribution in [0.2, 0.25) is 0 Å². The fourth-order valence-corrected chi connectivity index (χ4v) is 1.80. The summed E-state index contributed by atoms with van der Waals surface area (Å²) in [6, 6.07) is 8.14. The number of aromatic nitrogens is 2. The van der Waals surface area contributed by atoms with E-state index < -0.39 is 0 Å². The number of hydrogen-bond acceptors (Lipinski definition) is 2. The zero-order valence-corrected chi connectivity index (χ0v) is 13.1. The van der Waals surface area contributed by atoms with Crippen molar-refractivity contribution in [2.24, 2.45) is 0 Å². The molecule has 0 fully saturated rings. The van der Waals surface area contributed by atoms with Crippen molar-refractivity contribution in [3.63, 3.8) is 0 Å². The first-order valence-electron chi connectivity index (χ1n) is 7.33. The lowest BCUT2D eigenvalue weighted by atomic mass is 10.2. The summed E-state index contributed by atoms with van der Waals surface area (Å²) in [5.74, 6) is 0. The summed E-state index contributed by atoms with van der Waals surface area (Å²) in [4.78, 5) is 8.69. The summed E-state index contributed by atoms with van der Waals surface area (Å²) in [6.07, 6.45) is 4.60. The summed E-state index contributed by atoms with van der Waals surface area (Å²) in [5.41, 5.74) is 4.73. The van der Waals surface area contributed by atoms with Gasteiger partial charge in [0, 0.05) is 24.4 Å². The fraction of sp³-hybridized carbons (Fsp3) is 0.412. The van der Waals surface area contributed by atoms with Gasteiger partial charge in [0.2, 0.25) is 0 Å². The van der Waals surface area contributed by atoms with E-state index >= 15 is 0 Å². The third-order valence-electron chi connectivity index (χ3n) is 2.39. The Morgan fingerprint density at radius 2 is 1.37 bits per heavy atom. The number of pyridine rings is 2. The van der Waals surface area contributed by atoms with E-state index in [0.29, 0.717) is 0 Å². The number of nitrogens with zero attached hydrogens (tertiary/aromatic N) is 2. The van der Waals surface area contributed by atoms with Crippen LogP contribution in [0, 0.1) is 0 Å². The van der Waals surface area contributed by atoms with Crippen molar-refractivity contribution in [3.8, 4) is 11.3 Å². The molecule has 0 spiro atoms. The van der Waals surface area contributed by atoms with Crippen LogP contribution in [0.1, 0.15) is 52.8 Å². The van der Waals surface area contributed by atoms with Crippen molar-refractivity contribution < 1.29 is 0 Å². The monoisotopic (exact) mass is 258 g/mol. The van der Waals surface area contributed by atoms with Crippen molar-refractivity contribution in [2.75, 3.05) is 0 Å². The van der Waals surface area contributed by atoms with Gasteiger partial charge in [-0.2, -0.15) is 0 Å². The van der Waals surface area contributed by atoms with Crippen LogP contribution < -0.4 is 0 Å². The minimum absolute atomic E-state index is 0.930. The third kappa shape index (κ3) is 4.16. The summed E-state index contributed by atoms with van der Waals surface area (Å²) >= 11 is 0. The molecule has 1 aliphatic rings. The molecule has 104 valence electrons. The van der Waals surface area contributed by atoms with Gasteiger partial charge in [-0.15, -0.1) is 0 Å². The zero-order valence-electron chi connectivity index (χ0n) is 13.1. The van der Waals surface area contributed by atoms with Gasteiger partial charge in [-0.3, -0.25) is 9.97 Å². The van der Waals surface area contributed by atoms with E-state index in [2.05, 4.69) is 22.1 Å². The van der Waals surface area contributed by atoms with E-state index in [-0.39, 0.29) is 0 Å². The lowest BCUT2D eigenvalue weighted by molar-refractivity contribution is 1.12. The fourth-order valence-electron chi connectivity index (χ4n) is 1.80. The molecule has 2 heteroatoms. The molecule has 2 aromatic heterocycles. The van der Waals surface area contributed by atoms with Crippen molar-refractivity contribution >= 4 is 0 Å². The highest BCUT2D eigenvalue weighted by molar-refractivity contribution is 5.71. The van der Waals surface area contributed by atoms with Crippen LogP contribution in [0.4, 0.5) is 0 Å². The van der Waals surface area contributed by atoms with Crippen LogP contribution in [-0.2, 0) is 6.42 Å². The first kappa shape index (κ1) is 17.3. The molecule has 19 heavy (non-hydrogen) atoms. The zero-order chi connectivity index (χ0) is 14.7. The summed E-state index contributed by atoms with van der Waals surface area (Å²) in [5, 5.41) is 0. The van der Waals surface area contributed by atoms with Crippen molar-refractivity contribution in [1.29, 1.82) is 0 Å². The molecule has 0 amide bonds. The minimum atomic E-state index is 0.930. The third-order valence-corrected chi connectivity index (χ3v) is 2.39. The summed E-state index contributed by atoms with van der Waals surface area (Å²) in [6.45, 7) is 12.0. The lowest BCUT2D eigenvalue weighted by Crippen LogP contribution is -1.83. The Hall–Kier alpha value is -1.70. The van der Waals surface area contributed by atoms with E-state index in [0.717, 1.165) is 17.8 Å². The Labute approximate surface area is 117 Å². The molecule has 0 bridgehead atoms. The molecule has 0 saturated carbocycles. The highest BCUT2D eigenvalue weighted by atomic mass is 14.7. The molecule has 0 saturated heterocycles. The van der Waals surface area contributed by atoms with Crippen molar-refractivity contribution in [1.82, 2.24) is 9.97 Å². The van der Waals surface area contributed by atoms with Crippen LogP contribution in [0.15, 0.2) is 36.7 Å². The first-order valence-corrected chi connectivity index (χ1v) is 7.33. The summed E-state index contributed by atoms with van der Waals surface area (Å²) < 4.78 is 0. The Kier molecular flexibility index (Phi) is 9.33. The second kappa shape index (κ2) is 10.2. The average Bonchev–Trinajstić information content (AvgIpc) is 2.92. The molecular formula is C17H26N2. The molecule has 2 nitrogen and oxygen atoms in total. The SMILES string of the molecule is CC.CC.CC.c1cnc2c(c1)Cc1ncccc1-2. The highest BCUT2D eigenvalue weighted by Gasteiger charge is 2.18. The van der Waals surface area contributed by atoms with Crippen LogP contribution in [0.25, 0.3) is 11.3 Å². The van der Waals surface area contributed by atoms with Gasteiger partial charge < -0.3 is 0 Å². The first-order chi connectivity index (χ1) is 9.45. The Balaban J connectivity index is 0.000000482. The largest absolute Gasteiger partial charge is 0.260 e. The molecule has 0 radical (unpaired) electrons. The number of fused-ring (bicyclic) bond motifs is 3. The predicted molar refractivity (Wildman–Crippen MR) is 84.3 cm³/mol. The van der Waals surface area contributed by atoms with E-state index in [4.69, 9.17) is 0 Å². The molecule has 3 rings (SSSR count). The molecule has 0 N–H and O–H groups in total. The lowest BCUT2D eigenvalue weighted by Gasteiger charge is -1.96.